The molecule has 0 spiro atoms. The molecule has 26 heavy (non-hydrogen) atoms. The lowest BCUT2D eigenvalue weighted by atomic mass is 9.90. The molecule has 0 unspecified atom stereocenters. The third-order valence-corrected chi connectivity index (χ3v) is 5.43. The second kappa shape index (κ2) is 8.96. The molecule has 2 aromatic carbocycles. The smallest absolute Gasteiger partial charge is 0.120 e. The number of phenols is 2. The first-order valence-corrected chi connectivity index (χ1v) is 9.70. The summed E-state index contributed by atoms with van der Waals surface area (Å²) < 4.78 is 0. The van der Waals surface area contributed by atoms with E-state index in [2.05, 4.69) is 10.6 Å². The predicted molar refractivity (Wildman–Crippen MR) is 106 cm³/mol. The van der Waals surface area contributed by atoms with Gasteiger partial charge in [0.15, 0.2) is 0 Å². The van der Waals surface area contributed by atoms with E-state index in [1.807, 2.05) is 0 Å². The molecule has 0 saturated heterocycles. The summed E-state index contributed by atoms with van der Waals surface area (Å²) in [4.78, 5) is 0. The Morgan fingerprint density at radius 3 is 1.62 bits per heavy atom. The molecule has 2 atom stereocenters. The third kappa shape index (κ3) is 5.04. The molecule has 0 heterocycles. The lowest BCUT2D eigenvalue weighted by Gasteiger charge is -2.33. The molecule has 1 aliphatic rings. The second-order valence-electron chi connectivity index (χ2n) is 6.81. The first-order chi connectivity index (χ1) is 12.5. The molecule has 1 saturated carbocycles. The molecule has 4 nitrogen and oxygen atoms in total. The Morgan fingerprint density at radius 1 is 0.769 bits per heavy atom. The molecular weight excluding hydrogens is 371 g/mol. The van der Waals surface area contributed by atoms with Crippen molar-refractivity contribution in [3.05, 3.63) is 57.6 Å². The van der Waals surface area contributed by atoms with Crippen molar-refractivity contribution < 1.29 is 10.2 Å². The van der Waals surface area contributed by atoms with Crippen molar-refractivity contribution >= 4 is 23.2 Å². The second-order valence-corrected chi connectivity index (χ2v) is 7.68. The van der Waals surface area contributed by atoms with Crippen LogP contribution in [0.1, 0.15) is 36.8 Å². The standard InChI is InChI=1S/C20H24Cl2N2O2/c21-15-5-7-19(25)13(9-15)11-23-17-3-1-2-4-18(17)24-12-14-10-16(22)6-8-20(14)26/h5-10,17-18,23-26H,1-4,11-12H2/t17-,18-/m1/s1. The molecule has 1 aliphatic carbocycles. The first-order valence-electron chi connectivity index (χ1n) is 8.94. The van der Waals surface area contributed by atoms with Crippen LogP contribution in [0.25, 0.3) is 0 Å². The molecule has 0 bridgehead atoms. The number of hydrogen-bond donors (Lipinski definition) is 4. The average molecular weight is 395 g/mol. The summed E-state index contributed by atoms with van der Waals surface area (Å²) >= 11 is 12.1. The van der Waals surface area contributed by atoms with Crippen LogP contribution in [0.4, 0.5) is 0 Å². The van der Waals surface area contributed by atoms with Crippen LogP contribution in [0.2, 0.25) is 10.0 Å². The van der Waals surface area contributed by atoms with E-state index in [9.17, 15) is 10.2 Å². The van der Waals surface area contributed by atoms with Crippen molar-refractivity contribution in [2.75, 3.05) is 0 Å². The van der Waals surface area contributed by atoms with E-state index >= 15 is 0 Å². The van der Waals surface area contributed by atoms with Gasteiger partial charge >= 0.3 is 0 Å². The molecule has 140 valence electrons. The number of halogens is 2. The maximum Gasteiger partial charge on any atom is 0.120 e. The highest BCUT2D eigenvalue weighted by Crippen LogP contribution is 2.25. The van der Waals surface area contributed by atoms with Gasteiger partial charge in [0, 0.05) is 46.3 Å². The molecule has 0 aromatic heterocycles. The molecule has 0 aliphatic heterocycles. The highest BCUT2D eigenvalue weighted by Gasteiger charge is 2.24. The number of benzene rings is 2. The van der Waals surface area contributed by atoms with Gasteiger partial charge in [0.25, 0.3) is 0 Å². The van der Waals surface area contributed by atoms with E-state index < -0.39 is 0 Å². The Labute approximate surface area is 164 Å². The Balaban J connectivity index is 1.60. The minimum atomic E-state index is 0.256. The zero-order chi connectivity index (χ0) is 18.5. The maximum absolute atomic E-state index is 9.98. The van der Waals surface area contributed by atoms with Crippen molar-refractivity contribution in [1.82, 2.24) is 10.6 Å². The number of hydrogen-bond acceptors (Lipinski definition) is 4. The van der Waals surface area contributed by atoms with Crippen LogP contribution in [0, 0.1) is 0 Å². The number of phenolic OH excluding ortho intramolecular Hbond substituents is 2. The van der Waals surface area contributed by atoms with Crippen molar-refractivity contribution in [3.8, 4) is 11.5 Å². The summed E-state index contributed by atoms with van der Waals surface area (Å²) in [6.07, 6.45) is 4.50. The number of nitrogens with one attached hydrogen (secondary N) is 2. The summed E-state index contributed by atoms with van der Waals surface area (Å²) in [6, 6.07) is 10.8. The molecule has 0 amide bonds. The van der Waals surface area contributed by atoms with Gasteiger partial charge in [-0.3, -0.25) is 0 Å². The summed E-state index contributed by atoms with van der Waals surface area (Å²) in [5, 5.41) is 28.3. The van der Waals surface area contributed by atoms with Crippen molar-refractivity contribution in [2.24, 2.45) is 0 Å². The van der Waals surface area contributed by atoms with Gasteiger partial charge in [-0.1, -0.05) is 36.0 Å². The number of aromatic hydroxyl groups is 2. The summed E-state index contributed by atoms with van der Waals surface area (Å²) in [5.74, 6) is 0.511. The van der Waals surface area contributed by atoms with E-state index in [0.29, 0.717) is 35.2 Å². The van der Waals surface area contributed by atoms with Gasteiger partial charge in [0.1, 0.15) is 11.5 Å². The van der Waals surface area contributed by atoms with E-state index in [4.69, 9.17) is 23.2 Å². The Bertz CT molecular complexity index is 691. The topological polar surface area (TPSA) is 64.5 Å². The Morgan fingerprint density at radius 2 is 1.19 bits per heavy atom. The minimum absolute atomic E-state index is 0.256. The quantitative estimate of drug-likeness (QED) is 0.578. The maximum atomic E-state index is 9.98. The lowest BCUT2D eigenvalue weighted by Crippen LogP contribution is -2.49. The lowest BCUT2D eigenvalue weighted by molar-refractivity contribution is 0.279. The minimum Gasteiger partial charge on any atom is -0.508 e. The van der Waals surface area contributed by atoms with Crippen LogP contribution >= 0.6 is 23.2 Å². The first kappa shape index (κ1) is 19.3. The highest BCUT2D eigenvalue weighted by atomic mass is 35.5. The van der Waals surface area contributed by atoms with Crippen LogP contribution < -0.4 is 10.6 Å². The highest BCUT2D eigenvalue weighted by molar-refractivity contribution is 6.31. The normalized spacial score (nSPS) is 20.2. The van der Waals surface area contributed by atoms with Crippen LogP contribution in [0.5, 0.6) is 11.5 Å². The van der Waals surface area contributed by atoms with E-state index in [-0.39, 0.29) is 11.5 Å². The van der Waals surface area contributed by atoms with Gasteiger partial charge in [0.2, 0.25) is 0 Å². The van der Waals surface area contributed by atoms with Crippen molar-refractivity contribution in [2.45, 2.75) is 50.9 Å². The monoisotopic (exact) mass is 394 g/mol. The van der Waals surface area contributed by atoms with Crippen LogP contribution in [0.3, 0.4) is 0 Å². The van der Waals surface area contributed by atoms with Gasteiger partial charge in [0.05, 0.1) is 0 Å². The van der Waals surface area contributed by atoms with Crippen molar-refractivity contribution in [3.63, 3.8) is 0 Å². The zero-order valence-electron chi connectivity index (χ0n) is 14.5. The fraction of sp³-hybridized carbons (Fsp3) is 0.400. The van der Waals surface area contributed by atoms with E-state index in [1.165, 1.54) is 12.8 Å². The number of rotatable bonds is 6. The van der Waals surface area contributed by atoms with E-state index in [0.717, 1.165) is 24.0 Å². The fourth-order valence-electron chi connectivity index (χ4n) is 3.49. The molecule has 6 heteroatoms. The van der Waals surface area contributed by atoms with Crippen LogP contribution in [0.15, 0.2) is 36.4 Å². The predicted octanol–water partition coefficient (Wildman–Crippen LogP) is 4.60. The third-order valence-electron chi connectivity index (χ3n) is 4.96. The summed E-state index contributed by atoms with van der Waals surface area (Å²) in [6.45, 7) is 1.13. The molecule has 0 radical (unpaired) electrons. The van der Waals surface area contributed by atoms with Gasteiger partial charge in [-0.05, 0) is 49.2 Å². The molecule has 3 rings (SSSR count). The van der Waals surface area contributed by atoms with Crippen LogP contribution in [-0.2, 0) is 13.1 Å². The SMILES string of the molecule is Oc1ccc(Cl)cc1CN[C@@H]1CCCC[C@H]1NCc1cc(Cl)ccc1O. The van der Waals surface area contributed by atoms with E-state index in [1.54, 1.807) is 36.4 Å². The van der Waals surface area contributed by atoms with Gasteiger partial charge < -0.3 is 20.8 Å². The van der Waals surface area contributed by atoms with Gasteiger partial charge in [-0.25, -0.2) is 0 Å². The van der Waals surface area contributed by atoms with Crippen LogP contribution in [-0.4, -0.2) is 22.3 Å². The molecule has 4 N–H and O–H groups in total. The molecule has 2 aromatic rings. The van der Waals surface area contributed by atoms with Gasteiger partial charge in [-0.2, -0.15) is 0 Å². The largest absolute Gasteiger partial charge is 0.508 e. The molecule has 1 fully saturated rings. The zero-order valence-corrected chi connectivity index (χ0v) is 16.0. The Kier molecular flexibility index (Phi) is 6.65. The fourth-order valence-corrected chi connectivity index (χ4v) is 3.88. The summed E-state index contributed by atoms with van der Waals surface area (Å²) in [5.41, 5.74) is 1.60. The summed E-state index contributed by atoms with van der Waals surface area (Å²) in [7, 11) is 0. The van der Waals surface area contributed by atoms with Crippen molar-refractivity contribution in [1.29, 1.82) is 0 Å². The average Bonchev–Trinajstić information content (AvgIpc) is 2.64. The molecular formula is C20H24Cl2N2O2. The Hall–Kier alpha value is -1.46. The van der Waals surface area contributed by atoms with Gasteiger partial charge in [-0.15, -0.1) is 0 Å².